The van der Waals surface area contributed by atoms with E-state index in [4.69, 9.17) is 4.74 Å². The first-order valence-corrected chi connectivity index (χ1v) is 12.4. The molecule has 1 atom stereocenters. The van der Waals surface area contributed by atoms with E-state index in [1.807, 2.05) is 0 Å². The van der Waals surface area contributed by atoms with E-state index in [0.717, 1.165) is 6.26 Å². The lowest BCUT2D eigenvalue weighted by atomic mass is 10.1. The first kappa shape index (κ1) is 27.2. The predicted octanol–water partition coefficient (Wildman–Crippen LogP) is 2.50. The predicted molar refractivity (Wildman–Crippen MR) is 104 cm³/mol. The zero-order valence-electron chi connectivity index (χ0n) is 17.7. The fourth-order valence-electron chi connectivity index (χ4n) is 2.82. The summed E-state index contributed by atoms with van der Waals surface area (Å²) in [5.74, 6) is -2.10. The fourth-order valence-corrected chi connectivity index (χ4v) is 4.09. The van der Waals surface area contributed by atoms with Crippen LogP contribution in [0.15, 0.2) is 12.1 Å². The number of pyridine rings is 1. The van der Waals surface area contributed by atoms with Crippen LogP contribution in [0.4, 0.5) is 32.2 Å². The number of hydrogen-bond acceptors (Lipinski definition) is 8. The number of rotatable bonds is 5. The van der Waals surface area contributed by atoms with Gasteiger partial charge in [-0.25, -0.2) is 8.42 Å². The monoisotopic (exact) mass is 529 g/mol. The highest BCUT2D eigenvalue weighted by Crippen LogP contribution is 2.36. The molecule has 1 aromatic heterocycles. The number of alkyl halides is 6. The molecule has 0 radical (unpaired) electrons. The molecule has 0 N–H and O–H groups in total. The summed E-state index contributed by atoms with van der Waals surface area (Å²) in [5.41, 5.74) is -6.80. The van der Waals surface area contributed by atoms with Crippen LogP contribution in [-0.4, -0.2) is 75.3 Å². The van der Waals surface area contributed by atoms with Gasteiger partial charge in [0.25, 0.3) is 0 Å². The van der Waals surface area contributed by atoms with Crippen LogP contribution >= 0.6 is 0 Å². The molecule has 1 fully saturated rings. The molecule has 17 heteroatoms. The molecule has 1 unspecified atom stereocenters. The Morgan fingerprint density at radius 1 is 1.00 bits per heavy atom. The smallest absolute Gasteiger partial charge is 0.472 e. The van der Waals surface area contributed by atoms with E-state index in [1.165, 1.54) is 20.8 Å². The summed E-state index contributed by atoms with van der Waals surface area (Å²) in [7, 11) is -10.1. The Morgan fingerprint density at radius 2 is 1.58 bits per heavy atom. The van der Waals surface area contributed by atoms with Crippen molar-refractivity contribution in [2.75, 3.05) is 30.8 Å². The zero-order valence-corrected chi connectivity index (χ0v) is 19.4. The van der Waals surface area contributed by atoms with Crippen LogP contribution in [0.1, 0.15) is 20.8 Å². The van der Waals surface area contributed by atoms with Crippen molar-refractivity contribution in [3.8, 4) is 11.6 Å². The molecule has 2 heterocycles. The Kier molecular flexibility index (Phi) is 7.14. The molecule has 33 heavy (non-hydrogen) atoms. The van der Waals surface area contributed by atoms with Gasteiger partial charge in [0.2, 0.25) is 15.9 Å². The summed E-state index contributed by atoms with van der Waals surface area (Å²) in [6, 6.07) is -1.16. The van der Waals surface area contributed by atoms with E-state index in [1.54, 1.807) is 0 Å². The average molecular weight is 529 g/mol. The van der Waals surface area contributed by atoms with Gasteiger partial charge in [-0.3, -0.25) is 0 Å². The van der Waals surface area contributed by atoms with Crippen LogP contribution < -0.4 is 13.8 Å². The maximum absolute atomic E-state index is 13.7. The highest BCUT2D eigenvalue weighted by molar-refractivity contribution is 7.88. The van der Waals surface area contributed by atoms with Gasteiger partial charge in [-0.1, -0.05) is 0 Å². The van der Waals surface area contributed by atoms with E-state index in [9.17, 15) is 43.2 Å². The third-order valence-corrected chi connectivity index (χ3v) is 6.39. The largest absolute Gasteiger partial charge is 0.534 e. The van der Waals surface area contributed by atoms with Gasteiger partial charge < -0.3 is 13.8 Å². The van der Waals surface area contributed by atoms with Crippen molar-refractivity contribution in [1.82, 2.24) is 9.29 Å². The van der Waals surface area contributed by atoms with Gasteiger partial charge in [0, 0.05) is 31.8 Å². The number of sulfonamides is 1. The summed E-state index contributed by atoms with van der Waals surface area (Å²) in [5, 5.41) is 0. The molecule has 0 aliphatic carbocycles. The van der Waals surface area contributed by atoms with E-state index in [0.29, 0.717) is 21.3 Å². The highest BCUT2D eigenvalue weighted by atomic mass is 32.2. The van der Waals surface area contributed by atoms with Crippen LogP contribution in [0.2, 0.25) is 0 Å². The van der Waals surface area contributed by atoms with Gasteiger partial charge in [-0.15, -0.1) is 0 Å². The minimum Gasteiger partial charge on any atom is -0.472 e. The Balaban J connectivity index is 2.57. The number of halogens is 6. The lowest BCUT2D eigenvalue weighted by molar-refractivity contribution is -0.153. The van der Waals surface area contributed by atoms with E-state index in [2.05, 4.69) is 9.17 Å². The van der Waals surface area contributed by atoms with Gasteiger partial charge in [-0.05, 0) is 20.8 Å². The molecular formula is C16H21F6N3O6S2. The lowest BCUT2D eigenvalue weighted by Gasteiger charge is -2.41. The maximum atomic E-state index is 13.7. The van der Waals surface area contributed by atoms with Crippen LogP contribution in [0.5, 0.6) is 11.6 Å². The molecule has 9 nitrogen and oxygen atoms in total. The first-order chi connectivity index (χ1) is 14.6. The van der Waals surface area contributed by atoms with Gasteiger partial charge in [0.1, 0.15) is 17.5 Å². The minimum absolute atomic E-state index is 0.380. The van der Waals surface area contributed by atoms with Crippen molar-refractivity contribution in [1.29, 1.82) is 0 Å². The molecule has 1 aliphatic heterocycles. The molecule has 2 rings (SSSR count). The molecule has 1 aliphatic rings. The van der Waals surface area contributed by atoms with E-state index >= 15 is 0 Å². The van der Waals surface area contributed by atoms with Crippen LogP contribution in [-0.2, 0) is 20.1 Å². The molecule has 0 bridgehead atoms. The Morgan fingerprint density at radius 3 is 2.03 bits per heavy atom. The SMILES string of the molecule is CC(C)(C)Oc1cc(OS(=O)(=O)C(F)(F)F)cc(N2CCN(S(C)(=O)=O)CC2C(F)(F)F)n1. The van der Waals surface area contributed by atoms with Gasteiger partial charge in [0.05, 0.1) is 6.26 Å². The number of nitrogens with zero attached hydrogens (tertiary/aromatic N) is 3. The molecule has 0 amide bonds. The van der Waals surface area contributed by atoms with Crippen molar-refractivity contribution in [2.24, 2.45) is 0 Å². The Hall–Kier alpha value is -2.01. The quantitative estimate of drug-likeness (QED) is 0.326. The van der Waals surface area contributed by atoms with Crippen molar-refractivity contribution in [3.05, 3.63) is 12.1 Å². The number of anilines is 1. The topological polar surface area (TPSA) is 106 Å². The highest BCUT2D eigenvalue weighted by Gasteiger charge is 2.50. The van der Waals surface area contributed by atoms with Crippen LogP contribution in [0, 0.1) is 0 Å². The minimum atomic E-state index is -6.14. The lowest BCUT2D eigenvalue weighted by Crippen LogP contribution is -2.60. The van der Waals surface area contributed by atoms with Crippen molar-refractivity contribution in [2.45, 2.75) is 44.1 Å². The maximum Gasteiger partial charge on any atom is 0.534 e. The Labute approximate surface area is 186 Å². The number of aromatic nitrogens is 1. The summed E-state index contributed by atoms with van der Waals surface area (Å²) in [4.78, 5) is 4.47. The number of piperazine rings is 1. The van der Waals surface area contributed by atoms with E-state index < -0.39 is 74.0 Å². The second-order valence-electron chi connectivity index (χ2n) is 8.07. The number of ether oxygens (including phenoxy) is 1. The van der Waals surface area contributed by atoms with Gasteiger partial charge in [0.15, 0.2) is 5.75 Å². The zero-order chi connectivity index (χ0) is 25.6. The summed E-state index contributed by atoms with van der Waals surface area (Å²) < 4.78 is 136. The second kappa shape index (κ2) is 8.65. The molecule has 1 aromatic rings. The summed E-state index contributed by atoms with van der Waals surface area (Å²) >= 11 is 0. The second-order valence-corrected chi connectivity index (χ2v) is 11.6. The normalized spacial score (nSPS) is 19.5. The van der Waals surface area contributed by atoms with Crippen molar-refractivity contribution < 1.29 is 52.1 Å². The third kappa shape index (κ3) is 6.99. The molecule has 0 spiro atoms. The van der Waals surface area contributed by atoms with E-state index in [-0.39, 0.29) is 6.54 Å². The summed E-state index contributed by atoms with van der Waals surface area (Å²) in [6.07, 6.45) is -4.23. The molecule has 1 saturated heterocycles. The van der Waals surface area contributed by atoms with Gasteiger partial charge in [-0.2, -0.15) is 44.0 Å². The van der Waals surface area contributed by atoms with Crippen LogP contribution in [0.25, 0.3) is 0 Å². The molecule has 0 aromatic carbocycles. The molecular weight excluding hydrogens is 508 g/mol. The first-order valence-electron chi connectivity index (χ1n) is 9.10. The third-order valence-electron chi connectivity index (χ3n) is 4.15. The standard InChI is InChI=1S/C16H21F6N3O6S2/c1-14(2,3)30-13-8-10(31-33(28,29)16(20,21)22)7-12(23-13)25-6-5-24(32(4,26)27)9-11(25)15(17,18)19/h7-8,11H,5-6,9H2,1-4H3. The fraction of sp³-hybridized carbons (Fsp3) is 0.688. The summed E-state index contributed by atoms with van der Waals surface area (Å²) in [6.45, 7) is 2.60. The molecule has 190 valence electrons. The van der Waals surface area contributed by atoms with Crippen LogP contribution in [0.3, 0.4) is 0 Å². The number of hydrogen-bond donors (Lipinski definition) is 0. The van der Waals surface area contributed by atoms with Crippen molar-refractivity contribution in [3.63, 3.8) is 0 Å². The molecule has 0 saturated carbocycles. The Bertz CT molecular complexity index is 1080. The average Bonchev–Trinajstić information content (AvgIpc) is 2.56. The van der Waals surface area contributed by atoms with Gasteiger partial charge >= 0.3 is 21.8 Å². The van der Waals surface area contributed by atoms with Crippen molar-refractivity contribution >= 4 is 26.0 Å².